The van der Waals surface area contributed by atoms with Crippen molar-refractivity contribution in [3.05, 3.63) is 22.4 Å². The van der Waals surface area contributed by atoms with Crippen molar-refractivity contribution in [2.75, 3.05) is 6.54 Å². The SMILES string of the molecule is CCC1(C)NC(c2cccs2)N(CC(F)(F)C(F)F)C1=O. The van der Waals surface area contributed by atoms with Crippen molar-refractivity contribution in [1.29, 1.82) is 0 Å². The van der Waals surface area contributed by atoms with Gasteiger partial charge in [0.2, 0.25) is 5.91 Å². The van der Waals surface area contributed by atoms with Crippen molar-refractivity contribution in [3.8, 4) is 0 Å². The highest BCUT2D eigenvalue weighted by Crippen LogP contribution is 2.37. The summed E-state index contributed by atoms with van der Waals surface area (Å²) in [5.41, 5.74) is -1.02. The molecule has 1 N–H and O–H groups in total. The van der Waals surface area contributed by atoms with E-state index in [1.54, 1.807) is 31.4 Å². The van der Waals surface area contributed by atoms with E-state index in [0.29, 0.717) is 11.3 Å². The van der Waals surface area contributed by atoms with Gasteiger partial charge in [0, 0.05) is 4.88 Å². The van der Waals surface area contributed by atoms with E-state index in [4.69, 9.17) is 0 Å². The summed E-state index contributed by atoms with van der Waals surface area (Å²) in [6, 6.07) is 3.40. The monoisotopic (exact) mass is 324 g/mol. The molecule has 0 aromatic carbocycles. The summed E-state index contributed by atoms with van der Waals surface area (Å²) < 4.78 is 51.6. The van der Waals surface area contributed by atoms with Crippen LogP contribution in [0.4, 0.5) is 17.6 Å². The Labute approximate surface area is 123 Å². The van der Waals surface area contributed by atoms with Gasteiger partial charge >= 0.3 is 12.3 Å². The summed E-state index contributed by atoms with van der Waals surface area (Å²) in [5.74, 6) is -4.81. The Kier molecular flexibility index (Phi) is 4.30. The van der Waals surface area contributed by atoms with E-state index < -0.39 is 36.5 Å². The molecule has 1 aliphatic rings. The lowest BCUT2D eigenvalue weighted by atomic mass is 9.99. The van der Waals surface area contributed by atoms with Crippen LogP contribution in [-0.2, 0) is 4.79 Å². The summed E-state index contributed by atoms with van der Waals surface area (Å²) in [5, 5.41) is 4.73. The molecule has 0 bridgehead atoms. The molecule has 3 nitrogen and oxygen atoms in total. The Hall–Kier alpha value is -1.15. The zero-order valence-corrected chi connectivity index (χ0v) is 12.4. The average Bonchev–Trinajstić information content (AvgIpc) is 3.01. The molecule has 2 unspecified atom stereocenters. The quantitative estimate of drug-likeness (QED) is 0.843. The van der Waals surface area contributed by atoms with Gasteiger partial charge < -0.3 is 4.90 Å². The molecule has 8 heteroatoms. The molecule has 0 radical (unpaired) electrons. The molecular weight excluding hydrogens is 308 g/mol. The van der Waals surface area contributed by atoms with Crippen LogP contribution in [0.3, 0.4) is 0 Å². The van der Waals surface area contributed by atoms with E-state index in [0.717, 1.165) is 4.90 Å². The van der Waals surface area contributed by atoms with Crippen molar-refractivity contribution in [3.63, 3.8) is 0 Å². The fourth-order valence-electron chi connectivity index (χ4n) is 2.26. The van der Waals surface area contributed by atoms with Crippen molar-refractivity contribution >= 4 is 17.2 Å². The molecule has 1 amide bonds. The van der Waals surface area contributed by atoms with Crippen LogP contribution in [-0.4, -0.2) is 35.2 Å². The first-order valence-electron chi connectivity index (χ1n) is 6.49. The zero-order chi connectivity index (χ0) is 15.8. The number of hydrogen-bond donors (Lipinski definition) is 1. The molecule has 1 aromatic heterocycles. The van der Waals surface area contributed by atoms with Crippen molar-refractivity contribution in [2.24, 2.45) is 0 Å². The van der Waals surface area contributed by atoms with E-state index in [-0.39, 0.29) is 0 Å². The predicted octanol–water partition coefficient (Wildman–Crippen LogP) is 3.25. The molecule has 0 aliphatic carbocycles. The van der Waals surface area contributed by atoms with Gasteiger partial charge in [-0.05, 0) is 24.8 Å². The average molecular weight is 324 g/mol. The van der Waals surface area contributed by atoms with Crippen LogP contribution >= 0.6 is 11.3 Å². The number of amides is 1. The Morgan fingerprint density at radius 3 is 2.67 bits per heavy atom. The van der Waals surface area contributed by atoms with Crippen molar-refractivity contribution in [1.82, 2.24) is 10.2 Å². The minimum absolute atomic E-state index is 0.379. The van der Waals surface area contributed by atoms with E-state index in [1.165, 1.54) is 11.3 Å². The number of halogens is 4. The second kappa shape index (κ2) is 5.57. The van der Waals surface area contributed by atoms with Crippen LogP contribution < -0.4 is 5.32 Å². The third-order valence-corrected chi connectivity index (χ3v) is 4.64. The highest BCUT2D eigenvalue weighted by atomic mass is 32.1. The van der Waals surface area contributed by atoms with Crippen molar-refractivity contribution < 1.29 is 22.4 Å². The van der Waals surface area contributed by atoms with Gasteiger partial charge in [-0.2, -0.15) is 8.78 Å². The van der Waals surface area contributed by atoms with Gasteiger partial charge in [0.05, 0.1) is 12.1 Å². The number of hydrogen-bond acceptors (Lipinski definition) is 3. The van der Waals surface area contributed by atoms with Crippen LogP contribution in [0.15, 0.2) is 17.5 Å². The highest BCUT2D eigenvalue weighted by molar-refractivity contribution is 7.10. The first-order chi connectivity index (χ1) is 9.71. The molecule has 1 aliphatic heterocycles. The summed E-state index contributed by atoms with van der Waals surface area (Å²) in [6.07, 6.45) is -4.22. The zero-order valence-electron chi connectivity index (χ0n) is 11.6. The first-order valence-corrected chi connectivity index (χ1v) is 7.37. The Morgan fingerprint density at radius 2 is 2.19 bits per heavy atom. The summed E-state index contributed by atoms with van der Waals surface area (Å²) >= 11 is 1.28. The van der Waals surface area contributed by atoms with Gasteiger partial charge in [0.15, 0.2) is 0 Å². The lowest BCUT2D eigenvalue weighted by molar-refractivity contribution is -0.158. The maximum absolute atomic E-state index is 13.4. The number of alkyl halides is 4. The topological polar surface area (TPSA) is 32.3 Å². The molecule has 2 atom stereocenters. The highest BCUT2D eigenvalue weighted by Gasteiger charge is 2.53. The third kappa shape index (κ3) is 2.91. The van der Waals surface area contributed by atoms with Gasteiger partial charge in [0.1, 0.15) is 6.17 Å². The van der Waals surface area contributed by atoms with Gasteiger partial charge in [0.25, 0.3) is 0 Å². The molecule has 118 valence electrons. The lowest BCUT2D eigenvalue weighted by Crippen LogP contribution is -2.46. The first kappa shape index (κ1) is 16.2. The summed E-state index contributed by atoms with van der Waals surface area (Å²) in [7, 11) is 0. The third-order valence-electron chi connectivity index (χ3n) is 3.72. The number of thiophene rings is 1. The van der Waals surface area contributed by atoms with Gasteiger partial charge in [-0.15, -0.1) is 11.3 Å². The van der Waals surface area contributed by atoms with E-state index in [2.05, 4.69) is 5.32 Å². The molecule has 0 saturated carbocycles. The number of nitrogens with zero attached hydrogens (tertiary/aromatic N) is 1. The lowest BCUT2D eigenvalue weighted by Gasteiger charge is -2.27. The van der Waals surface area contributed by atoms with E-state index >= 15 is 0 Å². The summed E-state index contributed by atoms with van der Waals surface area (Å²) in [6.45, 7) is 2.04. The second-order valence-corrected chi connectivity index (χ2v) is 6.22. The van der Waals surface area contributed by atoms with Crippen LogP contribution in [0, 0.1) is 0 Å². The number of carbonyl (C=O) groups is 1. The molecule has 1 aromatic rings. The number of rotatable bonds is 5. The fourth-order valence-corrected chi connectivity index (χ4v) is 3.05. The number of nitrogens with one attached hydrogen (secondary N) is 1. The molecule has 21 heavy (non-hydrogen) atoms. The van der Waals surface area contributed by atoms with Crippen LogP contribution in [0.25, 0.3) is 0 Å². The largest absolute Gasteiger partial charge is 0.324 e. The Morgan fingerprint density at radius 1 is 1.52 bits per heavy atom. The second-order valence-electron chi connectivity index (χ2n) is 5.24. The fraction of sp³-hybridized carbons (Fsp3) is 0.615. The van der Waals surface area contributed by atoms with Gasteiger partial charge in [-0.25, -0.2) is 8.78 Å². The Balaban J connectivity index is 2.32. The van der Waals surface area contributed by atoms with Crippen LogP contribution in [0.1, 0.15) is 31.3 Å². The minimum Gasteiger partial charge on any atom is -0.314 e. The van der Waals surface area contributed by atoms with Gasteiger partial charge in [-0.1, -0.05) is 13.0 Å². The van der Waals surface area contributed by atoms with E-state index in [1.807, 2.05) is 0 Å². The molecule has 2 rings (SSSR count). The van der Waals surface area contributed by atoms with Crippen LogP contribution in [0.2, 0.25) is 0 Å². The van der Waals surface area contributed by atoms with Crippen LogP contribution in [0.5, 0.6) is 0 Å². The molecule has 2 heterocycles. The van der Waals surface area contributed by atoms with E-state index in [9.17, 15) is 22.4 Å². The van der Waals surface area contributed by atoms with Crippen molar-refractivity contribution in [2.45, 2.75) is 44.3 Å². The Bertz CT molecular complexity index is 508. The maximum Gasteiger partial charge on any atom is 0.324 e. The molecular formula is C13H16F4N2OS. The normalized spacial score (nSPS) is 26.9. The maximum atomic E-state index is 13.4. The summed E-state index contributed by atoms with van der Waals surface area (Å²) in [4.78, 5) is 13.8. The molecule has 1 saturated heterocycles. The molecule has 1 fully saturated rings. The van der Waals surface area contributed by atoms with Gasteiger partial charge in [-0.3, -0.25) is 10.1 Å². The predicted molar refractivity (Wildman–Crippen MR) is 71.6 cm³/mol. The smallest absolute Gasteiger partial charge is 0.314 e. The standard InChI is InChI=1S/C13H16F4N2OS/c1-3-12(2)11(20)19(7-13(16,17)10(14)15)9(18-12)8-5-4-6-21-8/h4-6,9-10,18H,3,7H2,1-2H3. The molecule has 0 spiro atoms. The minimum atomic E-state index is -4.23. The number of carbonyl (C=O) groups excluding carboxylic acids is 1.